The van der Waals surface area contributed by atoms with Crippen molar-refractivity contribution in [2.75, 3.05) is 74.1 Å². The van der Waals surface area contributed by atoms with Gasteiger partial charge in [0.25, 0.3) is 5.91 Å². The van der Waals surface area contributed by atoms with Crippen molar-refractivity contribution in [2.45, 2.75) is 39.0 Å². The number of aliphatic hydroxyl groups is 1. The van der Waals surface area contributed by atoms with Crippen molar-refractivity contribution in [1.82, 2.24) is 24.6 Å². The van der Waals surface area contributed by atoms with Crippen LogP contribution in [0.2, 0.25) is 0 Å². The Labute approximate surface area is 220 Å². The van der Waals surface area contributed by atoms with Crippen LogP contribution in [0.1, 0.15) is 35.8 Å². The molecular weight excluding hydrogens is 474 g/mol. The number of ether oxygens (including phenoxy) is 2. The molecular formula is C27H43N5O5. The van der Waals surface area contributed by atoms with Gasteiger partial charge in [0.15, 0.2) is 17.2 Å². The molecule has 10 nitrogen and oxygen atoms in total. The van der Waals surface area contributed by atoms with E-state index < -0.39 is 0 Å². The van der Waals surface area contributed by atoms with Crippen LogP contribution in [0, 0.1) is 0 Å². The number of rotatable bonds is 13. The molecule has 0 radical (unpaired) electrons. The molecule has 1 amide bonds. The van der Waals surface area contributed by atoms with Gasteiger partial charge in [0.2, 0.25) is 5.89 Å². The fourth-order valence-electron chi connectivity index (χ4n) is 4.33. The smallest absolute Gasteiger partial charge is 0.275 e. The number of likely N-dealkylation sites (N-methyl/N-ethyl adjacent to an activating group) is 2. The number of oxazole rings is 1. The molecule has 0 aliphatic carbocycles. The summed E-state index contributed by atoms with van der Waals surface area (Å²) in [4.78, 5) is 25.7. The summed E-state index contributed by atoms with van der Waals surface area (Å²) in [5, 5.41) is 10.4. The van der Waals surface area contributed by atoms with Crippen molar-refractivity contribution in [2.24, 2.45) is 0 Å². The highest BCUT2D eigenvalue weighted by molar-refractivity contribution is 5.91. The highest BCUT2D eigenvalue weighted by Crippen LogP contribution is 2.27. The number of carbonyl (C=O) groups excluding carboxylic acids is 1. The second-order valence-corrected chi connectivity index (χ2v) is 10.1. The fraction of sp³-hybridized carbons (Fsp3) is 0.630. The number of β-amino-alcohol motifs (C(OH)–C–C–N with tert-alkyl or cyclic N) is 1. The largest absolute Gasteiger partial charge is 0.493 e. The predicted molar refractivity (Wildman–Crippen MR) is 142 cm³/mol. The molecule has 10 heteroatoms. The van der Waals surface area contributed by atoms with Crippen LogP contribution in [0.25, 0.3) is 0 Å². The Balaban J connectivity index is 1.43. The summed E-state index contributed by atoms with van der Waals surface area (Å²) in [6.07, 6.45) is 1.77. The molecule has 37 heavy (non-hydrogen) atoms. The van der Waals surface area contributed by atoms with Crippen LogP contribution in [0.5, 0.6) is 11.5 Å². The van der Waals surface area contributed by atoms with E-state index in [1.165, 1.54) is 6.26 Å². The summed E-state index contributed by atoms with van der Waals surface area (Å²) in [5.74, 6) is 1.73. The van der Waals surface area contributed by atoms with Gasteiger partial charge in [-0.2, -0.15) is 0 Å². The predicted octanol–water partition coefficient (Wildman–Crippen LogP) is 1.83. The molecule has 3 rings (SSSR count). The van der Waals surface area contributed by atoms with Crippen LogP contribution in [0.3, 0.4) is 0 Å². The van der Waals surface area contributed by atoms with Gasteiger partial charge in [-0.25, -0.2) is 4.98 Å². The van der Waals surface area contributed by atoms with Gasteiger partial charge in [-0.3, -0.25) is 14.6 Å². The van der Waals surface area contributed by atoms with Crippen LogP contribution in [-0.2, 0) is 13.0 Å². The van der Waals surface area contributed by atoms with Crippen molar-refractivity contribution in [1.29, 1.82) is 0 Å². The average Bonchev–Trinajstić information content (AvgIpc) is 3.35. The van der Waals surface area contributed by atoms with E-state index in [2.05, 4.69) is 33.5 Å². The van der Waals surface area contributed by atoms with Gasteiger partial charge < -0.3 is 28.8 Å². The standard InChI is InChI=1S/C27H43N5O5/c1-20(2)30(4)16-22(33)17-31-11-13-32(14-12-31)18-26-28-23(19-37-26)27(34)29(3)10-9-21-7-8-24(35-5)25(15-21)36-6/h7-8,15,19-20,22,33H,9-14,16-18H2,1-6H3. The molecule has 1 atom stereocenters. The molecule has 206 valence electrons. The summed E-state index contributed by atoms with van der Waals surface area (Å²) in [6, 6.07) is 6.18. The van der Waals surface area contributed by atoms with Crippen LogP contribution in [0.4, 0.5) is 0 Å². The zero-order valence-corrected chi connectivity index (χ0v) is 23.1. The zero-order chi connectivity index (χ0) is 26.9. The Hall–Kier alpha value is -2.66. The number of carbonyl (C=O) groups is 1. The summed E-state index contributed by atoms with van der Waals surface area (Å²) in [6.45, 7) is 10.2. The van der Waals surface area contributed by atoms with E-state index in [0.29, 0.717) is 61.7 Å². The lowest BCUT2D eigenvalue weighted by Gasteiger charge is -2.35. The SMILES string of the molecule is COc1ccc(CCN(C)C(=O)c2coc(CN3CCN(CC(O)CN(C)C(C)C)CC3)n2)cc1OC. The number of benzene rings is 1. The maximum atomic E-state index is 12.9. The molecule has 0 bridgehead atoms. The molecule has 1 saturated heterocycles. The van der Waals surface area contributed by atoms with Crippen molar-refractivity contribution in [3.63, 3.8) is 0 Å². The van der Waals surface area contributed by atoms with E-state index in [0.717, 1.165) is 31.7 Å². The molecule has 1 aliphatic heterocycles. The Morgan fingerprint density at radius 2 is 1.78 bits per heavy atom. The number of methoxy groups -OCH3 is 2. The zero-order valence-electron chi connectivity index (χ0n) is 23.1. The first-order valence-corrected chi connectivity index (χ1v) is 12.9. The normalized spacial score (nSPS) is 15.8. The van der Waals surface area contributed by atoms with Gasteiger partial charge in [0.05, 0.1) is 26.9 Å². The van der Waals surface area contributed by atoms with Gasteiger partial charge in [-0.15, -0.1) is 0 Å². The minimum absolute atomic E-state index is 0.166. The monoisotopic (exact) mass is 517 g/mol. The van der Waals surface area contributed by atoms with E-state index in [9.17, 15) is 9.90 Å². The van der Waals surface area contributed by atoms with E-state index in [1.807, 2.05) is 25.2 Å². The molecule has 1 fully saturated rings. The van der Waals surface area contributed by atoms with E-state index >= 15 is 0 Å². The number of hydrogen-bond acceptors (Lipinski definition) is 9. The lowest BCUT2D eigenvalue weighted by Crippen LogP contribution is -2.49. The third kappa shape index (κ3) is 8.43. The van der Waals surface area contributed by atoms with Crippen molar-refractivity contribution in [3.8, 4) is 11.5 Å². The minimum Gasteiger partial charge on any atom is -0.493 e. The molecule has 2 heterocycles. The topological polar surface area (TPSA) is 94.8 Å². The van der Waals surface area contributed by atoms with Crippen LogP contribution >= 0.6 is 0 Å². The van der Waals surface area contributed by atoms with Gasteiger partial charge in [0, 0.05) is 58.9 Å². The number of amides is 1. The van der Waals surface area contributed by atoms with E-state index in [4.69, 9.17) is 13.9 Å². The molecule has 1 aliphatic rings. The quantitative estimate of drug-likeness (QED) is 0.427. The average molecular weight is 518 g/mol. The Morgan fingerprint density at radius 3 is 2.43 bits per heavy atom. The molecule has 1 aromatic carbocycles. The molecule has 0 spiro atoms. The Kier molecular flexibility index (Phi) is 10.7. The van der Waals surface area contributed by atoms with E-state index in [-0.39, 0.29) is 12.0 Å². The van der Waals surface area contributed by atoms with Crippen LogP contribution < -0.4 is 9.47 Å². The molecule has 1 aromatic heterocycles. The number of piperazine rings is 1. The Bertz CT molecular complexity index is 989. The first kappa shape index (κ1) is 28.9. The third-order valence-electron chi connectivity index (χ3n) is 6.97. The fourth-order valence-corrected chi connectivity index (χ4v) is 4.33. The minimum atomic E-state index is -0.358. The number of nitrogens with zero attached hydrogens (tertiary/aromatic N) is 5. The lowest BCUT2D eigenvalue weighted by molar-refractivity contribution is 0.0469. The number of aromatic nitrogens is 1. The highest BCUT2D eigenvalue weighted by atomic mass is 16.5. The number of hydrogen-bond donors (Lipinski definition) is 1. The second-order valence-electron chi connectivity index (χ2n) is 10.1. The maximum absolute atomic E-state index is 12.9. The van der Waals surface area contributed by atoms with Crippen molar-refractivity contribution < 1.29 is 23.8 Å². The molecule has 1 N–H and O–H groups in total. The third-order valence-corrected chi connectivity index (χ3v) is 6.97. The maximum Gasteiger partial charge on any atom is 0.275 e. The summed E-state index contributed by atoms with van der Waals surface area (Å²) < 4.78 is 16.3. The summed E-state index contributed by atoms with van der Waals surface area (Å²) in [7, 11) is 7.02. The van der Waals surface area contributed by atoms with E-state index in [1.54, 1.807) is 26.2 Å². The first-order chi connectivity index (χ1) is 17.7. The van der Waals surface area contributed by atoms with Gasteiger partial charge in [-0.1, -0.05) is 6.07 Å². The van der Waals surface area contributed by atoms with Crippen LogP contribution in [0.15, 0.2) is 28.9 Å². The highest BCUT2D eigenvalue weighted by Gasteiger charge is 2.23. The first-order valence-electron chi connectivity index (χ1n) is 12.9. The van der Waals surface area contributed by atoms with Crippen molar-refractivity contribution in [3.05, 3.63) is 41.6 Å². The van der Waals surface area contributed by atoms with Crippen LogP contribution in [-0.4, -0.2) is 122 Å². The number of aliphatic hydroxyl groups excluding tert-OH is 1. The van der Waals surface area contributed by atoms with Gasteiger partial charge in [-0.05, 0) is 45.0 Å². The molecule has 2 aromatic rings. The van der Waals surface area contributed by atoms with Crippen molar-refractivity contribution >= 4 is 5.91 Å². The lowest BCUT2D eigenvalue weighted by atomic mass is 10.1. The Morgan fingerprint density at radius 1 is 1.11 bits per heavy atom. The second kappa shape index (κ2) is 13.8. The molecule has 1 unspecified atom stereocenters. The van der Waals surface area contributed by atoms with Gasteiger partial charge in [0.1, 0.15) is 6.26 Å². The summed E-state index contributed by atoms with van der Waals surface area (Å²) >= 11 is 0. The van der Waals surface area contributed by atoms with Gasteiger partial charge >= 0.3 is 0 Å². The summed E-state index contributed by atoms with van der Waals surface area (Å²) in [5.41, 5.74) is 1.37. The molecule has 0 saturated carbocycles.